The highest BCUT2D eigenvalue weighted by Gasteiger charge is 2.11. The summed E-state index contributed by atoms with van der Waals surface area (Å²) < 4.78 is 5.22. The van der Waals surface area contributed by atoms with Crippen molar-refractivity contribution in [1.82, 2.24) is 15.3 Å². The van der Waals surface area contributed by atoms with Crippen molar-refractivity contribution in [1.29, 1.82) is 0 Å². The normalized spacial score (nSPS) is 12.1. The number of nitrogens with one attached hydrogen (secondary N) is 1. The molecule has 5 heteroatoms. The van der Waals surface area contributed by atoms with Crippen LogP contribution in [0.15, 0.2) is 47.9 Å². The fourth-order valence-corrected chi connectivity index (χ4v) is 2.89. The van der Waals surface area contributed by atoms with Crippen LogP contribution in [-0.2, 0) is 0 Å². The van der Waals surface area contributed by atoms with Crippen molar-refractivity contribution in [3.63, 3.8) is 0 Å². The zero-order chi connectivity index (χ0) is 14.9. The number of benzene rings is 1. The molecule has 2 aromatic rings. The molecule has 0 spiro atoms. The molecule has 1 aromatic carbocycles. The third-order valence-corrected chi connectivity index (χ3v) is 4.15. The molecule has 0 aliphatic carbocycles. The van der Waals surface area contributed by atoms with Gasteiger partial charge >= 0.3 is 0 Å². The van der Waals surface area contributed by atoms with E-state index in [4.69, 9.17) is 4.74 Å². The fraction of sp³-hybridized carbons (Fsp3) is 0.375. The monoisotopic (exact) mass is 303 g/mol. The summed E-state index contributed by atoms with van der Waals surface area (Å²) in [4.78, 5) is 8.20. The second kappa shape index (κ2) is 8.64. The van der Waals surface area contributed by atoms with Crippen molar-refractivity contribution in [2.75, 3.05) is 19.4 Å². The standard InChI is InChI=1S/C16H21N3OS/c1-3-9-18-15(11-21-16-8-10-17-12-19-16)13-4-6-14(20-2)7-5-13/h4-8,10,12,15,18H,3,9,11H2,1-2H3. The largest absolute Gasteiger partial charge is 0.497 e. The molecule has 1 N–H and O–H groups in total. The van der Waals surface area contributed by atoms with E-state index in [1.807, 2.05) is 18.2 Å². The Kier molecular flexibility index (Phi) is 6.50. The van der Waals surface area contributed by atoms with Crippen LogP contribution in [0.2, 0.25) is 0 Å². The van der Waals surface area contributed by atoms with Gasteiger partial charge in [-0.2, -0.15) is 0 Å². The van der Waals surface area contributed by atoms with E-state index in [-0.39, 0.29) is 0 Å². The smallest absolute Gasteiger partial charge is 0.118 e. The molecular formula is C16H21N3OS. The second-order valence-corrected chi connectivity index (χ2v) is 5.68. The van der Waals surface area contributed by atoms with Crippen LogP contribution in [0.4, 0.5) is 0 Å². The van der Waals surface area contributed by atoms with Crippen molar-refractivity contribution in [3.8, 4) is 5.75 Å². The average Bonchev–Trinajstić information content (AvgIpc) is 2.56. The van der Waals surface area contributed by atoms with Gasteiger partial charge in [0.15, 0.2) is 0 Å². The van der Waals surface area contributed by atoms with Crippen LogP contribution >= 0.6 is 11.8 Å². The lowest BCUT2D eigenvalue weighted by atomic mass is 10.1. The second-order valence-electron chi connectivity index (χ2n) is 4.64. The number of ether oxygens (including phenoxy) is 1. The van der Waals surface area contributed by atoms with Gasteiger partial charge in [0.1, 0.15) is 12.1 Å². The minimum absolute atomic E-state index is 0.302. The molecule has 0 amide bonds. The molecule has 2 rings (SSSR count). The molecule has 0 aliphatic rings. The summed E-state index contributed by atoms with van der Waals surface area (Å²) in [7, 11) is 1.69. The Labute approximate surface area is 130 Å². The summed E-state index contributed by atoms with van der Waals surface area (Å²) in [5.41, 5.74) is 1.27. The topological polar surface area (TPSA) is 47.0 Å². The Morgan fingerprint density at radius 2 is 2.05 bits per heavy atom. The number of methoxy groups -OCH3 is 1. The maximum absolute atomic E-state index is 5.22. The summed E-state index contributed by atoms with van der Waals surface area (Å²) >= 11 is 1.74. The number of thioether (sulfide) groups is 1. The molecule has 112 valence electrons. The van der Waals surface area contributed by atoms with Gasteiger partial charge in [-0.15, -0.1) is 11.8 Å². The number of hydrogen-bond donors (Lipinski definition) is 1. The highest BCUT2D eigenvalue weighted by molar-refractivity contribution is 7.99. The first kappa shape index (κ1) is 15.8. The molecular weight excluding hydrogens is 282 g/mol. The first-order valence-electron chi connectivity index (χ1n) is 7.09. The predicted molar refractivity (Wildman–Crippen MR) is 86.8 cm³/mol. The highest BCUT2D eigenvalue weighted by atomic mass is 32.2. The van der Waals surface area contributed by atoms with Crippen LogP contribution in [0, 0.1) is 0 Å². The van der Waals surface area contributed by atoms with Crippen molar-refractivity contribution in [2.45, 2.75) is 24.4 Å². The van der Waals surface area contributed by atoms with E-state index in [1.54, 1.807) is 31.4 Å². The van der Waals surface area contributed by atoms with Gasteiger partial charge in [0.2, 0.25) is 0 Å². The minimum atomic E-state index is 0.302. The summed E-state index contributed by atoms with van der Waals surface area (Å²) in [6.07, 6.45) is 4.48. The SMILES string of the molecule is CCCNC(CSc1ccncn1)c1ccc(OC)cc1. The third kappa shape index (κ3) is 5.02. The van der Waals surface area contributed by atoms with E-state index >= 15 is 0 Å². The Hall–Kier alpha value is -1.59. The number of hydrogen-bond acceptors (Lipinski definition) is 5. The molecule has 0 saturated heterocycles. The van der Waals surface area contributed by atoms with Gasteiger partial charge in [-0.3, -0.25) is 0 Å². The minimum Gasteiger partial charge on any atom is -0.497 e. The quantitative estimate of drug-likeness (QED) is 0.599. The summed E-state index contributed by atoms with van der Waals surface area (Å²) in [5.74, 6) is 1.82. The third-order valence-electron chi connectivity index (χ3n) is 3.11. The van der Waals surface area contributed by atoms with E-state index < -0.39 is 0 Å². The van der Waals surface area contributed by atoms with Crippen LogP contribution in [0.3, 0.4) is 0 Å². The zero-order valence-electron chi connectivity index (χ0n) is 12.5. The Morgan fingerprint density at radius 1 is 1.24 bits per heavy atom. The van der Waals surface area contributed by atoms with Crippen LogP contribution in [0.25, 0.3) is 0 Å². The van der Waals surface area contributed by atoms with Crippen molar-refractivity contribution in [3.05, 3.63) is 48.4 Å². The average molecular weight is 303 g/mol. The first-order chi connectivity index (χ1) is 10.3. The molecule has 1 heterocycles. The molecule has 0 aliphatic heterocycles. The number of nitrogens with zero attached hydrogens (tertiary/aromatic N) is 2. The maximum atomic E-state index is 5.22. The summed E-state index contributed by atoms with van der Waals surface area (Å²) in [6, 6.07) is 10.5. The Bertz CT molecular complexity index is 519. The van der Waals surface area contributed by atoms with Crippen LogP contribution < -0.4 is 10.1 Å². The predicted octanol–water partition coefficient (Wildman–Crippen LogP) is 3.32. The van der Waals surface area contributed by atoms with E-state index in [1.165, 1.54) is 5.56 Å². The van der Waals surface area contributed by atoms with Gasteiger partial charge in [0, 0.05) is 18.0 Å². The van der Waals surface area contributed by atoms with Gasteiger partial charge in [0.25, 0.3) is 0 Å². The van der Waals surface area contributed by atoms with Crippen LogP contribution in [0.1, 0.15) is 24.9 Å². The van der Waals surface area contributed by atoms with Crippen molar-refractivity contribution >= 4 is 11.8 Å². The van der Waals surface area contributed by atoms with Gasteiger partial charge in [-0.25, -0.2) is 9.97 Å². The van der Waals surface area contributed by atoms with E-state index in [0.29, 0.717) is 6.04 Å². The van der Waals surface area contributed by atoms with Gasteiger partial charge in [0.05, 0.1) is 12.1 Å². The van der Waals surface area contributed by atoms with Gasteiger partial charge < -0.3 is 10.1 Å². The number of rotatable bonds is 8. The Morgan fingerprint density at radius 3 is 2.67 bits per heavy atom. The molecule has 0 fully saturated rings. The van der Waals surface area contributed by atoms with E-state index in [0.717, 1.165) is 29.5 Å². The number of aromatic nitrogens is 2. The molecule has 0 radical (unpaired) electrons. The molecule has 21 heavy (non-hydrogen) atoms. The fourth-order valence-electron chi connectivity index (χ4n) is 1.96. The van der Waals surface area contributed by atoms with E-state index in [2.05, 4.69) is 34.3 Å². The molecule has 1 aromatic heterocycles. The molecule has 4 nitrogen and oxygen atoms in total. The molecule has 0 saturated carbocycles. The van der Waals surface area contributed by atoms with Crippen LogP contribution in [0.5, 0.6) is 5.75 Å². The highest BCUT2D eigenvalue weighted by Crippen LogP contribution is 2.24. The lowest BCUT2D eigenvalue weighted by Gasteiger charge is -2.18. The van der Waals surface area contributed by atoms with Crippen molar-refractivity contribution < 1.29 is 4.74 Å². The lowest BCUT2D eigenvalue weighted by molar-refractivity contribution is 0.414. The molecule has 0 bridgehead atoms. The van der Waals surface area contributed by atoms with Gasteiger partial charge in [-0.1, -0.05) is 19.1 Å². The van der Waals surface area contributed by atoms with Crippen LogP contribution in [-0.4, -0.2) is 29.4 Å². The molecule has 1 unspecified atom stereocenters. The first-order valence-corrected chi connectivity index (χ1v) is 8.08. The Balaban J connectivity index is 2.02. The van der Waals surface area contributed by atoms with Gasteiger partial charge in [-0.05, 0) is 36.7 Å². The summed E-state index contributed by atoms with van der Waals surface area (Å²) in [6.45, 7) is 3.18. The lowest BCUT2D eigenvalue weighted by Crippen LogP contribution is -2.24. The zero-order valence-corrected chi connectivity index (χ0v) is 13.3. The van der Waals surface area contributed by atoms with Crippen molar-refractivity contribution in [2.24, 2.45) is 0 Å². The van der Waals surface area contributed by atoms with E-state index in [9.17, 15) is 0 Å². The summed E-state index contributed by atoms with van der Waals surface area (Å²) in [5, 5.41) is 4.59. The molecule has 1 atom stereocenters. The maximum Gasteiger partial charge on any atom is 0.118 e.